The van der Waals surface area contributed by atoms with Crippen molar-refractivity contribution in [3.05, 3.63) is 46.6 Å². The lowest BCUT2D eigenvalue weighted by atomic mass is 9.87. The molecule has 1 saturated carbocycles. The number of anilines is 3. The summed E-state index contributed by atoms with van der Waals surface area (Å²) in [5, 5.41) is 5.72. The fourth-order valence-corrected chi connectivity index (χ4v) is 5.59. The predicted molar refractivity (Wildman–Crippen MR) is 125 cm³/mol. The Kier molecular flexibility index (Phi) is 4.67. The molecule has 1 saturated heterocycles. The number of carbonyl (C=O) groups excluding carboxylic acids is 3. The van der Waals surface area contributed by atoms with E-state index >= 15 is 0 Å². The van der Waals surface area contributed by atoms with Crippen LogP contribution in [0.1, 0.15) is 60.9 Å². The summed E-state index contributed by atoms with van der Waals surface area (Å²) < 4.78 is 5.45. The standard InChI is InChI=1S/C25H27N5O4/c1-13-2-5-20(14-3-4-18-17(8-14)25(6-7-25)24(33)29-18)30(10-13)23(32)22(31)28-19-9-27-21(26)16-12-34-11-15(16)19/h3-4,8-9,13,20H,2,5-7,10-12H2,1H3,(H2,26,27)(H,28,31)(H,29,33). The monoisotopic (exact) mass is 461 g/mol. The third-order valence-electron chi connectivity index (χ3n) is 7.72. The van der Waals surface area contributed by atoms with Gasteiger partial charge in [-0.1, -0.05) is 19.1 Å². The van der Waals surface area contributed by atoms with Crippen LogP contribution < -0.4 is 16.4 Å². The van der Waals surface area contributed by atoms with Gasteiger partial charge in [0.2, 0.25) is 5.91 Å². The fourth-order valence-electron chi connectivity index (χ4n) is 5.59. The third kappa shape index (κ3) is 3.18. The fraction of sp³-hybridized carbons (Fsp3) is 0.440. The zero-order valence-electron chi connectivity index (χ0n) is 19.0. The molecule has 3 aliphatic heterocycles. The minimum absolute atomic E-state index is 0.0674. The van der Waals surface area contributed by atoms with Crippen LogP contribution in [0.2, 0.25) is 0 Å². The van der Waals surface area contributed by atoms with E-state index in [0.717, 1.165) is 53.6 Å². The minimum atomic E-state index is -0.698. The molecular formula is C25H27N5O4. The summed E-state index contributed by atoms with van der Waals surface area (Å²) in [6, 6.07) is 5.74. The normalized spacial score (nSPS) is 23.9. The van der Waals surface area contributed by atoms with Crippen molar-refractivity contribution in [1.29, 1.82) is 0 Å². The Labute approximate surface area is 197 Å². The number of nitrogens with zero attached hydrogens (tertiary/aromatic N) is 2. The van der Waals surface area contributed by atoms with E-state index in [1.165, 1.54) is 6.20 Å². The smallest absolute Gasteiger partial charge is 0.313 e. The number of nitrogens with two attached hydrogens (primary N) is 1. The molecule has 4 aliphatic rings. The highest BCUT2D eigenvalue weighted by Crippen LogP contribution is 2.55. The van der Waals surface area contributed by atoms with Gasteiger partial charge in [-0.25, -0.2) is 4.98 Å². The van der Waals surface area contributed by atoms with Gasteiger partial charge in [0.15, 0.2) is 0 Å². The number of fused-ring (bicyclic) bond motifs is 3. The maximum atomic E-state index is 13.4. The number of hydrogen-bond acceptors (Lipinski definition) is 6. The number of ether oxygens (including phenoxy) is 1. The second-order valence-electron chi connectivity index (χ2n) is 9.96. The van der Waals surface area contributed by atoms with Crippen LogP contribution in [0.3, 0.4) is 0 Å². The molecule has 1 aliphatic carbocycles. The van der Waals surface area contributed by atoms with Crippen LogP contribution in [0.15, 0.2) is 24.4 Å². The van der Waals surface area contributed by atoms with E-state index in [9.17, 15) is 14.4 Å². The Balaban J connectivity index is 1.27. The van der Waals surface area contributed by atoms with E-state index in [1.807, 2.05) is 12.1 Å². The van der Waals surface area contributed by atoms with Gasteiger partial charge in [0.25, 0.3) is 0 Å². The first-order chi connectivity index (χ1) is 16.4. The highest BCUT2D eigenvalue weighted by molar-refractivity contribution is 6.39. The molecule has 2 aromatic rings. The summed E-state index contributed by atoms with van der Waals surface area (Å²) in [6.07, 6.45) is 4.91. The van der Waals surface area contributed by atoms with Crippen LogP contribution in [-0.4, -0.2) is 34.2 Å². The molecule has 9 heteroatoms. The van der Waals surface area contributed by atoms with Crippen LogP contribution >= 0.6 is 0 Å². The lowest BCUT2D eigenvalue weighted by molar-refractivity contribution is -0.146. The molecule has 2 unspecified atom stereocenters. The lowest BCUT2D eigenvalue weighted by Crippen LogP contribution is -2.46. The van der Waals surface area contributed by atoms with Gasteiger partial charge in [-0.3, -0.25) is 14.4 Å². The van der Waals surface area contributed by atoms with E-state index in [-0.39, 0.29) is 17.9 Å². The SMILES string of the molecule is CC1CCC(c2ccc3c(c2)C2(CC2)C(=O)N3)N(C(=O)C(=O)Nc2cnc(N)c3c2COC3)C1. The topological polar surface area (TPSA) is 127 Å². The minimum Gasteiger partial charge on any atom is -0.383 e. The Hall–Kier alpha value is -3.46. The molecule has 0 bridgehead atoms. The quantitative estimate of drug-likeness (QED) is 0.590. The molecule has 0 radical (unpaired) electrons. The molecular weight excluding hydrogens is 434 g/mol. The van der Waals surface area contributed by atoms with Gasteiger partial charge >= 0.3 is 11.8 Å². The summed E-state index contributed by atoms with van der Waals surface area (Å²) in [5.41, 5.74) is 10.3. The van der Waals surface area contributed by atoms with Crippen molar-refractivity contribution in [1.82, 2.24) is 9.88 Å². The molecule has 2 fully saturated rings. The van der Waals surface area contributed by atoms with Gasteiger partial charge in [-0.15, -0.1) is 0 Å². The summed E-state index contributed by atoms with van der Waals surface area (Å²) in [6.45, 7) is 3.25. The largest absolute Gasteiger partial charge is 0.383 e. The Morgan fingerprint density at radius 2 is 2.03 bits per heavy atom. The van der Waals surface area contributed by atoms with E-state index < -0.39 is 17.2 Å². The second-order valence-corrected chi connectivity index (χ2v) is 9.96. The second kappa shape index (κ2) is 7.53. The van der Waals surface area contributed by atoms with Crippen molar-refractivity contribution in [2.75, 3.05) is 22.9 Å². The first-order valence-electron chi connectivity index (χ1n) is 11.8. The maximum absolute atomic E-state index is 13.4. The van der Waals surface area contributed by atoms with Gasteiger partial charge < -0.3 is 26.0 Å². The molecule has 176 valence electrons. The van der Waals surface area contributed by atoms with Gasteiger partial charge in [0.1, 0.15) is 5.82 Å². The molecule has 4 N–H and O–H groups in total. The summed E-state index contributed by atoms with van der Waals surface area (Å²) in [4.78, 5) is 44.7. The molecule has 4 heterocycles. The average molecular weight is 462 g/mol. The number of benzene rings is 1. The summed E-state index contributed by atoms with van der Waals surface area (Å²) >= 11 is 0. The van der Waals surface area contributed by atoms with E-state index in [1.54, 1.807) is 4.90 Å². The Morgan fingerprint density at radius 3 is 2.82 bits per heavy atom. The number of nitrogens with one attached hydrogen (secondary N) is 2. The zero-order chi connectivity index (χ0) is 23.6. The van der Waals surface area contributed by atoms with Crippen LogP contribution in [0, 0.1) is 5.92 Å². The number of rotatable bonds is 2. The van der Waals surface area contributed by atoms with Crippen LogP contribution in [0.25, 0.3) is 0 Å². The number of carbonyl (C=O) groups is 3. The molecule has 2 atom stereocenters. The molecule has 1 spiro atoms. The lowest BCUT2D eigenvalue weighted by Gasteiger charge is -2.38. The van der Waals surface area contributed by atoms with Crippen molar-refractivity contribution in [3.8, 4) is 0 Å². The highest BCUT2D eigenvalue weighted by atomic mass is 16.5. The molecule has 9 nitrogen and oxygen atoms in total. The number of likely N-dealkylation sites (tertiary alicyclic amines) is 1. The Morgan fingerprint density at radius 1 is 1.24 bits per heavy atom. The number of nitrogen functional groups attached to an aromatic ring is 1. The van der Waals surface area contributed by atoms with Crippen molar-refractivity contribution in [2.24, 2.45) is 5.92 Å². The van der Waals surface area contributed by atoms with Crippen molar-refractivity contribution < 1.29 is 19.1 Å². The van der Waals surface area contributed by atoms with E-state index in [2.05, 4.69) is 28.6 Å². The van der Waals surface area contributed by atoms with Crippen molar-refractivity contribution in [3.63, 3.8) is 0 Å². The van der Waals surface area contributed by atoms with Crippen LogP contribution in [0.4, 0.5) is 17.2 Å². The number of piperidine rings is 1. The number of amides is 3. The molecule has 6 rings (SSSR count). The third-order valence-corrected chi connectivity index (χ3v) is 7.72. The zero-order valence-corrected chi connectivity index (χ0v) is 19.0. The molecule has 1 aromatic heterocycles. The molecule has 34 heavy (non-hydrogen) atoms. The van der Waals surface area contributed by atoms with Crippen molar-refractivity contribution in [2.45, 2.75) is 57.3 Å². The molecule has 3 amide bonds. The van der Waals surface area contributed by atoms with Gasteiger partial charge in [-0.2, -0.15) is 0 Å². The van der Waals surface area contributed by atoms with E-state index in [4.69, 9.17) is 10.5 Å². The summed E-state index contributed by atoms with van der Waals surface area (Å²) in [5.74, 6) is -0.540. The number of pyridine rings is 1. The first kappa shape index (κ1) is 21.1. The van der Waals surface area contributed by atoms with Crippen LogP contribution in [0.5, 0.6) is 0 Å². The molecule has 1 aromatic carbocycles. The van der Waals surface area contributed by atoms with Gasteiger partial charge in [-0.05, 0) is 48.8 Å². The number of hydrogen-bond donors (Lipinski definition) is 3. The predicted octanol–water partition coefficient (Wildman–Crippen LogP) is 2.62. The van der Waals surface area contributed by atoms with Crippen LogP contribution in [-0.2, 0) is 37.7 Å². The first-order valence-corrected chi connectivity index (χ1v) is 11.8. The Bertz CT molecular complexity index is 1240. The van der Waals surface area contributed by atoms with E-state index in [0.29, 0.717) is 31.3 Å². The highest BCUT2D eigenvalue weighted by Gasteiger charge is 2.56. The summed E-state index contributed by atoms with van der Waals surface area (Å²) in [7, 11) is 0. The van der Waals surface area contributed by atoms with Gasteiger partial charge in [0, 0.05) is 23.4 Å². The number of aromatic nitrogens is 1. The van der Waals surface area contributed by atoms with Crippen molar-refractivity contribution >= 4 is 34.9 Å². The maximum Gasteiger partial charge on any atom is 0.313 e. The van der Waals surface area contributed by atoms with Gasteiger partial charge in [0.05, 0.1) is 36.6 Å². The average Bonchev–Trinajstić information content (AvgIpc) is 3.39.